The Labute approximate surface area is 413 Å². The standard InChI is InChI=1S/C30H32N2O5.C27H26N2O5/c1-19(2)35-17-22-9-11-24(16-25(22)20-5-7-21(8-6-20)28(33)32(3)4)31-29(34)30(13-14-30)23-10-12-26-27(15-23)37-18-36-26;1-29(2)25(31)18-5-3-17(4-6-18)22-14-21(9-7-19(22)15-30)28-26(32)27(11-12-27)20-8-10-23-24(13-20)34-16-33-23/h5-12,15-16,19H,13-14,17-18H2,1-4H3,(H,31,34);3-10,13-14,30H,11-12,15-16H2,1-2H3,(H,28,32). The fourth-order valence-corrected chi connectivity index (χ4v) is 8.90. The monoisotopic (exact) mass is 958 g/mol. The Morgan fingerprint density at radius 1 is 0.549 bits per heavy atom. The summed E-state index contributed by atoms with van der Waals surface area (Å²) >= 11 is 0. The lowest BCUT2D eigenvalue weighted by Crippen LogP contribution is -2.27. The number of hydrogen-bond acceptors (Lipinski definition) is 10. The zero-order valence-electron chi connectivity index (χ0n) is 40.8. The molecular formula is C57H58N4O10. The Kier molecular flexibility index (Phi) is 13.6. The molecular weight excluding hydrogens is 901 g/mol. The maximum Gasteiger partial charge on any atom is 0.253 e. The van der Waals surface area contributed by atoms with Crippen LogP contribution in [0.4, 0.5) is 11.4 Å². The number of anilines is 2. The first-order valence-corrected chi connectivity index (χ1v) is 23.7. The first-order chi connectivity index (χ1) is 34.2. The van der Waals surface area contributed by atoms with Gasteiger partial charge in [-0.1, -0.05) is 48.5 Å². The zero-order valence-corrected chi connectivity index (χ0v) is 40.8. The molecule has 0 atom stereocenters. The van der Waals surface area contributed by atoms with Gasteiger partial charge in [-0.15, -0.1) is 0 Å². The van der Waals surface area contributed by atoms with Gasteiger partial charge in [-0.25, -0.2) is 0 Å². The van der Waals surface area contributed by atoms with Crippen molar-refractivity contribution in [2.24, 2.45) is 0 Å². The topological polar surface area (TPSA) is 165 Å². The van der Waals surface area contributed by atoms with Crippen molar-refractivity contribution in [1.29, 1.82) is 0 Å². The van der Waals surface area contributed by atoms with E-state index in [-0.39, 0.29) is 49.9 Å². The number of rotatable bonds is 14. The van der Waals surface area contributed by atoms with E-state index in [9.17, 15) is 24.3 Å². The van der Waals surface area contributed by atoms with Crippen LogP contribution in [0.5, 0.6) is 23.0 Å². The van der Waals surface area contributed by atoms with Gasteiger partial charge in [0.2, 0.25) is 25.4 Å². The highest BCUT2D eigenvalue weighted by Crippen LogP contribution is 2.52. The van der Waals surface area contributed by atoms with Crippen LogP contribution >= 0.6 is 0 Å². The molecule has 4 aliphatic rings. The van der Waals surface area contributed by atoms with Gasteiger partial charge in [0.15, 0.2) is 23.0 Å². The highest BCUT2D eigenvalue weighted by atomic mass is 16.7. The summed E-state index contributed by atoms with van der Waals surface area (Å²) in [6, 6.07) is 37.5. The molecule has 0 spiro atoms. The normalized spacial score (nSPS) is 15.0. The minimum absolute atomic E-state index is 0.0320. The summed E-state index contributed by atoms with van der Waals surface area (Å²) in [5, 5.41) is 16.1. The second kappa shape index (κ2) is 20.0. The molecule has 10 rings (SSSR count). The largest absolute Gasteiger partial charge is 0.454 e. The Morgan fingerprint density at radius 3 is 1.35 bits per heavy atom. The first kappa shape index (κ1) is 48.3. The molecule has 6 aromatic carbocycles. The molecule has 0 aromatic heterocycles. The molecule has 0 radical (unpaired) electrons. The maximum atomic E-state index is 13.5. The van der Waals surface area contributed by atoms with E-state index in [0.717, 1.165) is 70.2 Å². The second-order valence-electron chi connectivity index (χ2n) is 19.0. The minimum Gasteiger partial charge on any atom is -0.454 e. The maximum absolute atomic E-state index is 13.5. The number of fused-ring (bicyclic) bond motifs is 2. The van der Waals surface area contributed by atoms with Gasteiger partial charge in [0.05, 0.1) is 30.1 Å². The third kappa shape index (κ3) is 10.2. The molecule has 4 amide bonds. The summed E-state index contributed by atoms with van der Waals surface area (Å²) in [5.41, 5.74) is 8.61. The summed E-state index contributed by atoms with van der Waals surface area (Å²) in [6.45, 7) is 4.71. The summed E-state index contributed by atoms with van der Waals surface area (Å²) in [5.74, 6) is 2.54. The Bertz CT molecular complexity index is 2990. The number of carbonyl (C=O) groups excluding carboxylic acids is 4. The third-order valence-corrected chi connectivity index (χ3v) is 13.4. The predicted octanol–water partition coefficient (Wildman–Crippen LogP) is 9.33. The molecule has 2 aliphatic carbocycles. The van der Waals surface area contributed by atoms with Gasteiger partial charge in [-0.05, 0) is 157 Å². The number of nitrogens with one attached hydrogen (secondary N) is 2. The van der Waals surface area contributed by atoms with E-state index < -0.39 is 10.8 Å². The molecule has 71 heavy (non-hydrogen) atoms. The first-order valence-electron chi connectivity index (χ1n) is 23.7. The molecule has 0 unspecified atom stereocenters. The summed E-state index contributed by atoms with van der Waals surface area (Å²) in [7, 11) is 6.89. The molecule has 366 valence electrons. The van der Waals surface area contributed by atoms with E-state index in [0.29, 0.717) is 52.1 Å². The van der Waals surface area contributed by atoms with Crippen LogP contribution in [0.3, 0.4) is 0 Å². The highest BCUT2D eigenvalue weighted by Gasteiger charge is 2.52. The number of nitrogens with zero attached hydrogens (tertiary/aromatic N) is 2. The van der Waals surface area contributed by atoms with E-state index in [1.807, 2.05) is 117 Å². The van der Waals surface area contributed by atoms with E-state index in [4.69, 9.17) is 23.7 Å². The van der Waals surface area contributed by atoms with Crippen molar-refractivity contribution >= 4 is 35.0 Å². The van der Waals surface area contributed by atoms with E-state index in [1.165, 1.54) is 4.90 Å². The second-order valence-corrected chi connectivity index (χ2v) is 19.0. The van der Waals surface area contributed by atoms with Crippen LogP contribution in [-0.2, 0) is 38.4 Å². The Morgan fingerprint density at radius 2 is 0.958 bits per heavy atom. The number of benzene rings is 6. The average Bonchev–Trinajstić information content (AvgIpc) is 4.28. The summed E-state index contributed by atoms with van der Waals surface area (Å²) in [6.07, 6.45) is 3.19. The Balaban J connectivity index is 0.000000176. The number of hydrogen-bond donors (Lipinski definition) is 3. The van der Waals surface area contributed by atoms with Gasteiger partial charge in [-0.3, -0.25) is 19.2 Å². The summed E-state index contributed by atoms with van der Waals surface area (Å²) in [4.78, 5) is 54.4. The number of carbonyl (C=O) groups is 4. The van der Waals surface area contributed by atoms with Crippen molar-refractivity contribution in [3.63, 3.8) is 0 Å². The number of aliphatic hydroxyl groups excluding tert-OH is 1. The van der Waals surface area contributed by atoms with Crippen LogP contribution in [0.1, 0.15) is 82.5 Å². The molecule has 2 saturated carbocycles. The van der Waals surface area contributed by atoms with Crippen LogP contribution in [-0.4, -0.2) is 86.4 Å². The van der Waals surface area contributed by atoms with Crippen LogP contribution in [0, 0.1) is 0 Å². The molecule has 14 heteroatoms. The molecule has 2 aliphatic heterocycles. The fourth-order valence-electron chi connectivity index (χ4n) is 8.90. The number of aliphatic hydroxyl groups is 1. The van der Waals surface area contributed by atoms with Crippen molar-refractivity contribution in [1.82, 2.24) is 9.80 Å². The van der Waals surface area contributed by atoms with Crippen molar-refractivity contribution in [3.05, 3.63) is 155 Å². The zero-order chi connectivity index (χ0) is 50.0. The quantitative estimate of drug-likeness (QED) is 0.0958. The molecule has 0 bridgehead atoms. The van der Waals surface area contributed by atoms with Gasteiger partial charge in [-0.2, -0.15) is 0 Å². The lowest BCUT2D eigenvalue weighted by atomic mass is 9.94. The minimum atomic E-state index is -0.578. The SMILES string of the molecule is CC(C)OCc1ccc(NC(=O)C2(c3ccc4c(c3)OCO4)CC2)cc1-c1ccc(C(=O)N(C)C)cc1.CN(C)C(=O)c1ccc(-c2cc(NC(=O)C3(c4ccc5c(c4)OCO5)CC3)ccc2CO)cc1. The Hall–Kier alpha value is -7.68. The van der Waals surface area contributed by atoms with Crippen molar-refractivity contribution < 1.29 is 48.0 Å². The molecule has 6 aromatic rings. The molecule has 3 N–H and O–H groups in total. The van der Waals surface area contributed by atoms with Gasteiger partial charge in [0.1, 0.15) is 0 Å². The van der Waals surface area contributed by atoms with Crippen LogP contribution in [0.15, 0.2) is 121 Å². The predicted molar refractivity (Wildman–Crippen MR) is 270 cm³/mol. The molecule has 2 heterocycles. The van der Waals surface area contributed by atoms with Gasteiger partial charge in [0, 0.05) is 50.7 Å². The van der Waals surface area contributed by atoms with Crippen LogP contribution in [0.25, 0.3) is 22.3 Å². The third-order valence-electron chi connectivity index (χ3n) is 13.4. The smallest absolute Gasteiger partial charge is 0.253 e. The van der Waals surface area contributed by atoms with E-state index in [2.05, 4.69) is 10.6 Å². The molecule has 14 nitrogen and oxygen atoms in total. The van der Waals surface area contributed by atoms with E-state index in [1.54, 1.807) is 51.3 Å². The van der Waals surface area contributed by atoms with Gasteiger partial charge in [0.25, 0.3) is 11.8 Å². The van der Waals surface area contributed by atoms with Crippen molar-refractivity contribution in [2.45, 2.75) is 69.7 Å². The lowest BCUT2D eigenvalue weighted by molar-refractivity contribution is -0.119. The number of amides is 4. The highest BCUT2D eigenvalue weighted by molar-refractivity contribution is 6.03. The van der Waals surface area contributed by atoms with Crippen LogP contribution < -0.4 is 29.6 Å². The van der Waals surface area contributed by atoms with Gasteiger partial charge < -0.3 is 49.2 Å². The average molecular weight is 959 g/mol. The fraction of sp³-hybridized carbons (Fsp3) is 0.298. The van der Waals surface area contributed by atoms with Crippen LogP contribution in [0.2, 0.25) is 0 Å². The van der Waals surface area contributed by atoms with E-state index >= 15 is 0 Å². The molecule has 2 fully saturated rings. The van der Waals surface area contributed by atoms with Crippen molar-refractivity contribution in [3.8, 4) is 45.3 Å². The molecule has 0 saturated heterocycles. The lowest BCUT2D eigenvalue weighted by Gasteiger charge is -2.18. The summed E-state index contributed by atoms with van der Waals surface area (Å²) < 4.78 is 27.7. The number of ether oxygens (including phenoxy) is 5. The van der Waals surface area contributed by atoms with Gasteiger partial charge >= 0.3 is 0 Å². The van der Waals surface area contributed by atoms with Crippen molar-refractivity contribution in [2.75, 3.05) is 52.4 Å².